The highest BCUT2D eigenvalue weighted by atomic mass is 16.1. The highest BCUT2D eigenvalue weighted by molar-refractivity contribution is 5.56. The van der Waals surface area contributed by atoms with E-state index in [-0.39, 0.29) is 0 Å². The molecule has 0 spiro atoms. The maximum Gasteiger partial charge on any atom is 0.127 e. The first kappa shape index (κ1) is 8.93. The van der Waals surface area contributed by atoms with E-state index in [1.54, 1.807) is 6.08 Å². The van der Waals surface area contributed by atoms with Gasteiger partial charge in [0.2, 0.25) is 0 Å². The van der Waals surface area contributed by atoms with Crippen LogP contribution in [0.3, 0.4) is 0 Å². The van der Waals surface area contributed by atoms with Gasteiger partial charge in [-0.05, 0) is 19.3 Å². The Morgan fingerprint density at radius 2 is 2.20 bits per heavy atom. The van der Waals surface area contributed by atoms with Crippen LogP contribution in [-0.4, -0.2) is 5.94 Å². The molecule has 0 saturated heterocycles. The van der Waals surface area contributed by atoms with E-state index in [4.69, 9.17) is 0 Å². The Labute approximate surface area is 61.8 Å². The number of hydrogen-bond acceptors (Lipinski definition) is 1. The van der Waals surface area contributed by atoms with Crippen molar-refractivity contribution in [2.75, 3.05) is 0 Å². The zero-order valence-electron chi connectivity index (χ0n) is 6.10. The third kappa shape index (κ3) is 3.88. The lowest BCUT2D eigenvalue weighted by molar-refractivity contribution is 0.566. The lowest BCUT2D eigenvalue weighted by Crippen LogP contribution is -1.78. The van der Waals surface area contributed by atoms with Gasteiger partial charge in [0.25, 0.3) is 0 Å². The Kier molecular flexibility index (Phi) is 5.41. The Balaban J connectivity index is 3.56. The van der Waals surface area contributed by atoms with Gasteiger partial charge in [-0.25, -0.2) is 4.79 Å². The van der Waals surface area contributed by atoms with E-state index >= 15 is 0 Å². The Morgan fingerprint density at radius 3 is 2.60 bits per heavy atom. The number of rotatable bonds is 5. The topological polar surface area (TPSA) is 17.1 Å². The highest BCUT2D eigenvalue weighted by Gasteiger charge is 1.89. The standard InChI is InChI=1S/C9H12O/c1-3-5-6-7-9(4-2)8-10/h3-4H,1-2,5-7H2. The van der Waals surface area contributed by atoms with Crippen LogP contribution in [0.5, 0.6) is 0 Å². The number of allylic oxidation sites excluding steroid dienone is 3. The summed E-state index contributed by atoms with van der Waals surface area (Å²) in [4.78, 5) is 10.1. The normalized spacial score (nSPS) is 8.00. The average Bonchev–Trinajstić information content (AvgIpc) is 1.99. The Bertz CT molecular complexity index is 162. The van der Waals surface area contributed by atoms with Gasteiger partial charge in [0.15, 0.2) is 0 Å². The minimum atomic E-state index is 0.654. The van der Waals surface area contributed by atoms with Gasteiger partial charge < -0.3 is 0 Å². The monoisotopic (exact) mass is 136 g/mol. The van der Waals surface area contributed by atoms with E-state index in [2.05, 4.69) is 13.2 Å². The van der Waals surface area contributed by atoms with Gasteiger partial charge in [0, 0.05) is 5.57 Å². The molecule has 0 aliphatic heterocycles. The van der Waals surface area contributed by atoms with Crippen LogP contribution in [0.1, 0.15) is 19.3 Å². The van der Waals surface area contributed by atoms with Gasteiger partial charge in [-0.1, -0.05) is 18.7 Å². The van der Waals surface area contributed by atoms with Crippen LogP contribution >= 0.6 is 0 Å². The summed E-state index contributed by atoms with van der Waals surface area (Å²) in [7, 11) is 0. The molecule has 0 aliphatic carbocycles. The first-order chi connectivity index (χ1) is 4.85. The minimum absolute atomic E-state index is 0.654. The summed E-state index contributed by atoms with van der Waals surface area (Å²) in [6.07, 6.45) is 6.06. The second kappa shape index (κ2) is 6.06. The van der Waals surface area contributed by atoms with Crippen molar-refractivity contribution in [3.8, 4) is 0 Å². The molecule has 0 saturated carbocycles. The summed E-state index contributed by atoms with van der Waals surface area (Å²) < 4.78 is 0. The SMILES string of the molecule is C=CCCCC(=C=O)C=C. The molecule has 0 radical (unpaired) electrons. The zero-order valence-corrected chi connectivity index (χ0v) is 6.10. The lowest BCUT2D eigenvalue weighted by atomic mass is 10.1. The average molecular weight is 136 g/mol. The fraction of sp³-hybridized carbons (Fsp3) is 0.333. The molecule has 0 aliphatic rings. The summed E-state index contributed by atoms with van der Waals surface area (Å²) in [6, 6.07) is 0. The first-order valence-corrected chi connectivity index (χ1v) is 3.32. The zero-order chi connectivity index (χ0) is 7.82. The number of unbranched alkanes of at least 4 members (excludes halogenated alkanes) is 1. The third-order valence-electron chi connectivity index (χ3n) is 1.23. The Morgan fingerprint density at radius 1 is 1.50 bits per heavy atom. The quantitative estimate of drug-likeness (QED) is 0.245. The molecule has 0 aromatic carbocycles. The van der Waals surface area contributed by atoms with Crippen molar-refractivity contribution in [2.24, 2.45) is 0 Å². The third-order valence-corrected chi connectivity index (χ3v) is 1.23. The molecule has 0 rings (SSSR count). The van der Waals surface area contributed by atoms with Crippen LogP contribution in [0, 0.1) is 0 Å². The van der Waals surface area contributed by atoms with Gasteiger partial charge >= 0.3 is 0 Å². The van der Waals surface area contributed by atoms with Crippen molar-refractivity contribution in [2.45, 2.75) is 19.3 Å². The molecule has 0 atom stereocenters. The molecule has 0 heterocycles. The maximum atomic E-state index is 10.1. The molecule has 0 amide bonds. The van der Waals surface area contributed by atoms with Crippen LogP contribution in [0.4, 0.5) is 0 Å². The first-order valence-electron chi connectivity index (χ1n) is 3.32. The molecular weight excluding hydrogens is 124 g/mol. The molecule has 0 N–H and O–H groups in total. The van der Waals surface area contributed by atoms with E-state index in [1.807, 2.05) is 12.0 Å². The van der Waals surface area contributed by atoms with Gasteiger partial charge in [-0.2, -0.15) is 0 Å². The summed E-state index contributed by atoms with van der Waals surface area (Å²) in [5, 5.41) is 0. The summed E-state index contributed by atoms with van der Waals surface area (Å²) in [5.74, 6) is 1.82. The van der Waals surface area contributed by atoms with Crippen molar-refractivity contribution in [3.05, 3.63) is 30.9 Å². The van der Waals surface area contributed by atoms with Crippen molar-refractivity contribution < 1.29 is 4.79 Å². The fourth-order valence-electron chi connectivity index (χ4n) is 0.632. The molecule has 1 nitrogen and oxygen atoms in total. The molecule has 0 aromatic heterocycles. The second-order valence-electron chi connectivity index (χ2n) is 2.01. The maximum absolute atomic E-state index is 10.1. The highest BCUT2D eigenvalue weighted by Crippen LogP contribution is 2.04. The summed E-state index contributed by atoms with van der Waals surface area (Å²) in [5.41, 5.74) is 0.654. The molecule has 0 bridgehead atoms. The summed E-state index contributed by atoms with van der Waals surface area (Å²) in [6.45, 7) is 7.06. The largest absolute Gasteiger partial charge is 0.233 e. The smallest absolute Gasteiger partial charge is 0.127 e. The number of carbonyl (C=O) groups excluding carboxylic acids is 1. The van der Waals surface area contributed by atoms with E-state index < -0.39 is 0 Å². The van der Waals surface area contributed by atoms with Gasteiger partial charge in [-0.15, -0.1) is 6.58 Å². The predicted octanol–water partition coefficient (Wildman–Crippen LogP) is 2.29. The molecule has 1 heteroatoms. The van der Waals surface area contributed by atoms with Gasteiger partial charge in [-0.3, -0.25) is 0 Å². The van der Waals surface area contributed by atoms with Crippen LogP contribution in [-0.2, 0) is 4.79 Å². The van der Waals surface area contributed by atoms with Crippen molar-refractivity contribution in [1.82, 2.24) is 0 Å². The van der Waals surface area contributed by atoms with Crippen molar-refractivity contribution in [3.63, 3.8) is 0 Å². The second-order valence-corrected chi connectivity index (χ2v) is 2.01. The summed E-state index contributed by atoms with van der Waals surface area (Å²) >= 11 is 0. The van der Waals surface area contributed by atoms with E-state index in [0.29, 0.717) is 5.57 Å². The van der Waals surface area contributed by atoms with Crippen LogP contribution in [0.2, 0.25) is 0 Å². The van der Waals surface area contributed by atoms with Crippen molar-refractivity contribution in [1.29, 1.82) is 0 Å². The molecule has 0 fully saturated rings. The van der Waals surface area contributed by atoms with E-state index in [0.717, 1.165) is 19.3 Å². The van der Waals surface area contributed by atoms with Crippen LogP contribution in [0.15, 0.2) is 30.9 Å². The molecule has 0 unspecified atom stereocenters. The molecule has 10 heavy (non-hydrogen) atoms. The lowest BCUT2D eigenvalue weighted by Gasteiger charge is -1.92. The fourth-order valence-corrected chi connectivity index (χ4v) is 0.632. The Hall–Kier alpha value is -1.07. The van der Waals surface area contributed by atoms with Gasteiger partial charge in [0.1, 0.15) is 5.94 Å². The van der Waals surface area contributed by atoms with E-state index in [9.17, 15) is 4.79 Å². The van der Waals surface area contributed by atoms with Gasteiger partial charge in [0.05, 0.1) is 0 Å². The van der Waals surface area contributed by atoms with Crippen molar-refractivity contribution >= 4 is 5.94 Å². The molecule has 54 valence electrons. The molecular formula is C9H12O. The van der Waals surface area contributed by atoms with Crippen LogP contribution in [0.25, 0.3) is 0 Å². The minimum Gasteiger partial charge on any atom is -0.233 e. The molecule has 0 aromatic rings. The van der Waals surface area contributed by atoms with Crippen LogP contribution < -0.4 is 0 Å². The number of hydrogen-bond donors (Lipinski definition) is 0. The predicted molar refractivity (Wildman–Crippen MR) is 43.5 cm³/mol. The van der Waals surface area contributed by atoms with E-state index in [1.165, 1.54) is 0 Å².